The van der Waals surface area contributed by atoms with E-state index in [1.807, 2.05) is 6.92 Å². The molecule has 0 amide bonds. The molecule has 0 aromatic heterocycles. The van der Waals surface area contributed by atoms with Gasteiger partial charge >= 0.3 is 0 Å². The zero-order chi connectivity index (χ0) is 13.4. The van der Waals surface area contributed by atoms with E-state index in [9.17, 15) is 0 Å². The molecular weight excluding hydrogens is 290 g/mol. The number of halogens is 1. The highest BCUT2D eigenvalue weighted by Crippen LogP contribution is 2.27. The fraction of sp³-hybridized carbons (Fsp3) is 0.600. The van der Waals surface area contributed by atoms with Crippen molar-refractivity contribution >= 4 is 15.9 Å². The summed E-state index contributed by atoms with van der Waals surface area (Å²) in [5.41, 5.74) is 1.37. The number of rotatable bonds is 8. The van der Waals surface area contributed by atoms with Crippen LogP contribution in [-0.4, -0.2) is 25.8 Å². The molecule has 1 rings (SSSR count). The summed E-state index contributed by atoms with van der Waals surface area (Å²) in [4.78, 5) is 0. The molecule has 0 spiro atoms. The molecule has 0 aliphatic carbocycles. The molecular formula is C15H24BrNO. The van der Waals surface area contributed by atoms with Gasteiger partial charge in [0, 0.05) is 30.3 Å². The van der Waals surface area contributed by atoms with E-state index in [0.29, 0.717) is 12.0 Å². The number of hydrogen-bond donors (Lipinski definition) is 1. The van der Waals surface area contributed by atoms with Crippen molar-refractivity contribution in [1.82, 2.24) is 5.32 Å². The predicted octanol–water partition coefficient (Wildman–Crippen LogP) is 3.96. The molecule has 0 saturated heterocycles. The second-order valence-corrected chi connectivity index (χ2v) is 5.62. The first-order valence-electron chi connectivity index (χ1n) is 6.70. The normalized spacial score (nSPS) is 12.9. The Morgan fingerprint density at radius 3 is 2.61 bits per heavy atom. The Labute approximate surface area is 119 Å². The maximum absolute atomic E-state index is 5.49. The van der Waals surface area contributed by atoms with Gasteiger partial charge < -0.3 is 10.1 Å². The maximum Gasteiger partial charge on any atom is 0.0472 e. The van der Waals surface area contributed by atoms with Crippen LogP contribution < -0.4 is 5.32 Å². The largest absolute Gasteiger partial charge is 0.382 e. The van der Waals surface area contributed by atoms with Crippen molar-refractivity contribution in [3.05, 3.63) is 34.3 Å². The lowest BCUT2D eigenvalue weighted by Gasteiger charge is -2.21. The van der Waals surface area contributed by atoms with Gasteiger partial charge in [-0.1, -0.05) is 48.0 Å². The van der Waals surface area contributed by atoms with Gasteiger partial charge in [0.15, 0.2) is 0 Å². The minimum absolute atomic E-state index is 0.495. The first kappa shape index (κ1) is 15.7. The van der Waals surface area contributed by atoms with Crippen molar-refractivity contribution in [2.24, 2.45) is 0 Å². The summed E-state index contributed by atoms with van der Waals surface area (Å²) in [6, 6.07) is 8.98. The molecule has 2 nitrogen and oxygen atoms in total. The molecule has 102 valence electrons. The first-order chi connectivity index (χ1) is 8.65. The molecule has 18 heavy (non-hydrogen) atoms. The number of hydrogen-bond acceptors (Lipinski definition) is 2. The lowest BCUT2D eigenvalue weighted by molar-refractivity contribution is 0.139. The quantitative estimate of drug-likeness (QED) is 0.734. The van der Waals surface area contributed by atoms with Gasteiger partial charge in [-0.15, -0.1) is 0 Å². The number of benzene rings is 1. The molecule has 0 aliphatic heterocycles. The van der Waals surface area contributed by atoms with E-state index in [-0.39, 0.29) is 0 Å². The molecule has 3 heteroatoms. The zero-order valence-electron chi connectivity index (χ0n) is 11.6. The van der Waals surface area contributed by atoms with E-state index >= 15 is 0 Å². The third-order valence-corrected chi connectivity index (χ3v) is 3.65. The molecule has 0 fully saturated rings. The molecule has 1 atom stereocenters. The van der Waals surface area contributed by atoms with Crippen molar-refractivity contribution in [3.63, 3.8) is 0 Å². The fourth-order valence-corrected chi connectivity index (χ4v) is 2.53. The van der Waals surface area contributed by atoms with Crippen molar-refractivity contribution < 1.29 is 4.74 Å². The third-order valence-electron chi connectivity index (χ3n) is 2.93. The molecule has 0 heterocycles. The van der Waals surface area contributed by atoms with Crippen LogP contribution >= 0.6 is 15.9 Å². The lowest BCUT2D eigenvalue weighted by Crippen LogP contribution is -2.28. The Balaban J connectivity index is 2.66. The second kappa shape index (κ2) is 8.68. The van der Waals surface area contributed by atoms with Crippen LogP contribution in [0, 0.1) is 0 Å². The van der Waals surface area contributed by atoms with Gasteiger partial charge in [-0.25, -0.2) is 0 Å². The molecule has 1 unspecified atom stereocenters. The molecule has 1 aromatic carbocycles. The van der Waals surface area contributed by atoms with Crippen molar-refractivity contribution in [2.45, 2.75) is 39.2 Å². The van der Waals surface area contributed by atoms with Gasteiger partial charge in [-0.3, -0.25) is 0 Å². The van der Waals surface area contributed by atoms with Gasteiger partial charge in [-0.05, 0) is 30.9 Å². The molecule has 1 aromatic rings. The molecule has 0 bridgehead atoms. The van der Waals surface area contributed by atoms with E-state index < -0.39 is 0 Å². The van der Waals surface area contributed by atoms with Gasteiger partial charge in [0.05, 0.1) is 0 Å². The highest BCUT2D eigenvalue weighted by atomic mass is 79.9. The van der Waals surface area contributed by atoms with Crippen LogP contribution in [0.5, 0.6) is 0 Å². The van der Waals surface area contributed by atoms with E-state index in [1.54, 1.807) is 0 Å². The Bertz CT molecular complexity index is 341. The Morgan fingerprint density at radius 2 is 2.00 bits per heavy atom. The molecule has 0 aliphatic rings. The minimum atomic E-state index is 0.495. The zero-order valence-corrected chi connectivity index (χ0v) is 13.2. The standard InChI is InChI=1S/C15H24BrNO/c1-4-18-10-9-13(11-17-12(2)3)14-7-5-6-8-15(14)16/h5-8,12-13,17H,4,9-11H2,1-3H3. The minimum Gasteiger partial charge on any atom is -0.382 e. The first-order valence-corrected chi connectivity index (χ1v) is 7.50. The van der Waals surface area contributed by atoms with Crippen LogP contribution in [0.4, 0.5) is 0 Å². The summed E-state index contributed by atoms with van der Waals surface area (Å²) < 4.78 is 6.68. The lowest BCUT2D eigenvalue weighted by atomic mass is 9.95. The smallest absolute Gasteiger partial charge is 0.0472 e. The van der Waals surface area contributed by atoms with Crippen LogP contribution in [-0.2, 0) is 4.74 Å². The molecule has 0 saturated carbocycles. The summed E-state index contributed by atoms with van der Waals surface area (Å²) in [6.45, 7) is 9.01. The Morgan fingerprint density at radius 1 is 1.28 bits per heavy atom. The van der Waals surface area contributed by atoms with E-state index in [4.69, 9.17) is 4.74 Å². The highest BCUT2D eigenvalue weighted by molar-refractivity contribution is 9.10. The second-order valence-electron chi connectivity index (χ2n) is 4.77. The van der Waals surface area contributed by atoms with Gasteiger partial charge in [0.2, 0.25) is 0 Å². The topological polar surface area (TPSA) is 21.3 Å². The highest BCUT2D eigenvalue weighted by Gasteiger charge is 2.14. The van der Waals surface area contributed by atoms with E-state index in [1.165, 1.54) is 10.0 Å². The summed E-state index contributed by atoms with van der Waals surface area (Å²) >= 11 is 3.64. The maximum atomic E-state index is 5.49. The average molecular weight is 314 g/mol. The predicted molar refractivity (Wildman–Crippen MR) is 81.1 cm³/mol. The average Bonchev–Trinajstić information content (AvgIpc) is 2.34. The Hall–Kier alpha value is -0.380. The van der Waals surface area contributed by atoms with Gasteiger partial charge in [-0.2, -0.15) is 0 Å². The third kappa shape index (κ3) is 5.51. The summed E-state index contributed by atoms with van der Waals surface area (Å²) in [7, 11) is 0. The monoisotopic (exact) mass is 313 g/mol. The molecule has 1 N–H and O–H groups in total. The summed E-state index contributed by atoms with van der Waals surface area (Å²) in [6.07, 6.45) is 1.05. The van der Waals surface area contributed by atoms with Crippen LogP contribution in [0.3, 0.4) is 0 Å². The van der Waals surface area contributed by atoms with Crippen molar-refractivity contribution in [1.29, 1.82) is 0 Å². The SMILES string of the molecule is CCOCCC(CNC(C)C)c1ccccc1Br. The van der Waals surface area contributed by atoms with Crippen molar-refractivity contribution in [3.8, 4) is 0 Å². The van der Waals surface area contributed by atoms with Gasteiger partial charge in [0.1, 0.15) is 0 Å². The van der Waals surface area contributed by atoms with Crippen LogP contribution in [0.2, 0.25) is 0 Å². The Kier molecular flexibility index (Phi) is 7.56. The van der Waals surface area contributed by atoms with Crippen molar-refractivity contribution in [2.75, 3.05) is 19.8 Å². The molecule has 0 radical (unpaired) electrons. The summed E-state index contributed by atoms with van der Waals surface area (Å²) in [5.74, 6) is 0.495. The number of ether oxygens (including phenoxy) is 1. The fourth-order valence-electron chi connectivity index (χ4n) is 1.92. The van der Waals surface area contributed by atoms with Crippen LogP contribution in [0.15, 0.2) is 28.7 Å². The summed E-state index contributed by atoms with van der Waals surface area (Å²) in [5, 5.41) is 3.52. The number of nitrogens with one attached hydrogen (secondary N) is 1. The van der Waals surface area contributed by atoms with Crippen LogP contribution in [0.25, 0.3) is 0 Å². The van der Waals surface area contributed by atoms with E-state index in [0.717, 1.165) is 26.2 Å². The van der Waals surface area contributed by atoms with Gasteiger partial charge in [0.25, 0.3) is 0 Å². The van der Waals surface area contributed by atoms with Crippen LogP contribution in [0.1, 0.15) is 38.7 Å². The van der Waals surface area contributed by atoms with E-state index in [2.05, 4.69) is 59.4 Å².